The van der Waals surface area contributed by atoms with Crippen LogP contribution >= 0.6 is 0 Å². The third kappa shape index (κ3) is 3.36. The first-order valence-electron chi connectivity index (χ1n) is 6.40. The maximum absolute atomic E-state index is 13.4. The summed E-state index contributed by atoms with van der Waals surface area (Å²) >= 11 is 0. The van der Waals surface area contributed by atoms with Crippen molar-refractivity contribution >= 4 is 11.5 Å². The lowest BCUT2D eigenvalue weighted by Gasteiger charge is -2.35. The number of carbonyl (C=O) groups excluding carboxylic acids is 1. The van der Waals surface area contributed by atoms with Crippen LogP contribution in [0.3, 0.4) is 0 Å². The van der Waals surface area contributed by atoms with Crippen molar-refractivity contribution in [2.24, 2.45) is 0 Å². The Bertz CT molecular complexity index is 682. The fraction of sp³-hybridized carbons (Fsp3) is 0.357. The summed E-state index contributed by atoms with van der Waals surface area (Å²) in [7, 11) is 0. The number of aliphatic hydroxyl groups excluding tert-OH is 1. The smallest absolute Gasteiger partial charge is 0.386 e. The number of hydrogen-bond donors (Lipinski definition) is 1. The van der Waals surface area contributed by atoms with E-state index in [2.05, 4.69) is 0 Å². The summed E-state index contributed by atoms with van der Waals surface area (Å²) in [5.41, 5.74) is -0.371. The standard InChI is InChI=1S/C14H8F10O2/c15-10(16)12(19,20)14(23,24)13(21,22)11(17,18)9(26)6-8(25)7-4-2-1-3-5-7/h1-6,10,25H/b8-6-. The number of allylic oxidation sites excluding steroid dienone is 1. The zero-order chi connectivity index (χ0) is 20.6. The lowest BCUT2D eigenvalue weighted by Crippen LogP contribution is -2.66. The van der Waals surface area contributed by atoms with Gasteiger partial charge in [0.25, 0.3) is 0 Å². The van der Waals surface area contributed by atoms with Gasteiger partial charge in [0.1, 0.15) is 5.76 Å². The van der Waals surface area contributed by atoms with Gasteiger partial charge < -0.3 is 5.11 Å². The highest BCUT2D eigenvalue weighted by molar-refractivity contribution is 6.01. The second-order valence-corrected chi connectivity index (χ2v) is 4.91. The van der Waals surface area contributed by atoms with Crippen molar-refractivity contribution in [3.8, 4) is 0 Å². The lowest BCUT2D eigenvalue weighted by atomic mass is 9.95. The third-order valence-corrected chi connectivity index (χ3v) is 3.13. The maximum Gasteiger partial charge on any atom is 0.386 e. The largest absolute Gasteiger partial charge is 0.507 e. The van der Waals surface area contributed by atoms with Crippen LogP contribution in [0.1, 0.15) is 5.56 Å². The summed E-state index contributed by atoms with van der Waals surface area (Å²) < 4.78 is 129. The van der Waals surface area contributed by atoms with Crippen LogP contribution in [0.5, 0.6) is 0 Å². The van der Waals surface area contributed by atoms with Crippen LogP contribution in [0.4, 0.5) is 43.9 Å². The fourth-order valence-electron chi connectivity index (χ4n) is 1.61. The molecule has 0 aromatic heterocycles. The van der Waals surface area contributed by atoms with Crippen LogP contribution in [0.15, 0.2) is 36.4 Å². The molecule has 2 nitrogen and oxygen atoms in total. The van der Waals surface area contributed by atoms with E-state index in [1.165, 1.54) is 18.2 Å². The first kappa shape index (κ1) is 21.8. The molecule has 0 saturated heterocycles. The van der Waals surface area contributed by atoms with Crippen molar-refractivity contribution in [1.82, 2.24) is 0 Å². The summed E-state index contributed by atoms with van der Waals surface area (Å²) in [5, 5.41) is 9.38. The van der Waals surface area contributed by atoms with Gasteiger partial charge in [0.15, 0.2) is 0 Å². The van der Waals surface area contributed by atoms with Crippen molar-refractivity contribution in [2.75, 3.05) is 0 Å². The Kier molecular flexibility index (Phi) is 5.69. The number of aliphatic hydroxyl groups is 1. The summed E-state index contributed by atoms with van der Waals surface area (Å²) in [5.74, 6) is -32.4. The summed E-state index contributed by atoms with van der Waals surface area (Å²) in [6.45, 7) is 0. The Balaban J connectivity index is 3.31. The molecule has 0 unspecified atom stereocenters. The Morgan fingerprint density at radius 1 is 0.885 bits per heavy atom. The van der Waals surface area contributed by atoms with E-state index >= 15 is 0 Å². The predicted octanol–water partition coefficient (Wildman–Crippen LogP) is 4.96. The van der Waals surface area contributed by atoms with Crippen molar-refractivity contribution in [3.05, 3.63) is 42.0 Å². The second kappa shape index (κ2) is 6.80. The average molecular weight is 398 g/mol. The zero-order valence-electron chi connectivity index (χ0n) is 12.2. The van der Waals surface area contributed by atoms with Crippen molar-refractivity contribution < 1.29 is 53.8 Å². The molecule has 0 amide bonds. The molecular weight excluding hydrogens is 390 g/mol. The highest BCUT2D eigenvalue weighted by Crippen LogP contribution is 2.54. The molecule has 0 fully saturated rings. The average Bonchev–Trinajstić information content (AvgIpc) is 2.54. The van der Waals surface area contributed by atoms with E-state index in [4.69, 9.17) is 0 Å². The Labute approximate surface area is 138 Å². The van der Waals surface area contributed by atoms with E-state index in [1.807, 2.05) is 0 Å². The number of alkyl halides is 10. The Morgan fingerprint density at radius 2 is 1.35 bits per heavy atom. The normalized spacial score (nSPS) is 14.7. The zero-order valence-corrected chi connectivity index (χ0v) is 12.2. The van der Waals surface area contributed by atoms with E-state index in [0.717, 1.165) is 12.1 Å². The molecule has 0 atom stereocenters. The number of carbonyl (C=O) groups is 1. The van der Waals surface area contributed by atoms with Crippen LogP contribution in [-0.4, -0.2) is 41.0 Å². The molecule has 1 aromatic carbocycles. The van der Waals surface area contributed by atoms with Crippen molar-refractivity contribution in [1.29, 1.82) is 0 Å². The molecule has 0 aliphatic rings. The van der Waals surface area contributed by atoms with E-state index < -0.39 is 47.7 Å². The van der Waals surface area contributed by atoms with Gasteiger partial charge in [-0.15, -0.1) is 0 Å². The molecule has 0 bridgehead atoms. The van der Waals surface area contributed by atoms with Crippen molar-refractivity contribution in [3.63, 3.8) is 0 Å². The molecule has 1 rings (SSSR count). The number of rotatable bonds is 7. The molecule has 0 spiro atoms. The quantitative estimate of drug-likeness (QED) is 0.401. The molecule has 1 N–H and O–H groups in total. The molecule has 12 heteroatoms. The van der Waals surface area contributed by atoms with Gasteiger partial charge in [-0.1, -0.05) is 30.3 Å². The molecule has 0 aliphatic carbocycles. The van der Waals surface area contributed by atoms with Crippen LogP contribution < -0.4 is 0 Å². The molecule has 0 saturated carbocycles. The van der Waals surface area contributed by atoms with Crippen LogP contribution in [-0.2, 0) is 4.79 Å². The van der Waals surface area contributed by atoms with Crippen molar-refractivity contribution in [2.45, 2.75) is 30.1 Å². The fourth-order valence-corrected chi connectivity index (χ4v) is 1.61. The van der Waals surface area contributed by atoms with Gasteiger partial charge in [-0.2, -0.15) is 35.1 Å². The van der Waals surface area contributed by atoms with Crippen LogP contribution in [0, 0.1) is 0 Å². The van der Waals surface area contributed by atoms with Gasteiger partial charge in [0.2, 0.25) is 5.78 Å². The number of hydrogen-bond acceptors (Lipinski definition) is 2. The lowest BCUT2D eigenvalue weighted by molar-refractivity contribution is -0.374. The highest BCUT2D eigenvalue weighted by Gasteiger charge is 2.84. The van der Waals surface area contributed by atoms with Crippen LogP contribution in [0.2, 0.25) is 0 Å². The molecule has 0 radical (unpaired) electrons. The van der Waals surface area contributed by atoms with E-state index in [1.54, 1.807) is 0 Å². The van der Waals surface area contributed by atoms with E-state index in [9.17, 15) is 53.8 Å². The minimum absolute atomic E-state index is 0.371. The predicted molar refractivity (Wildman–Crippen MR) is 67.8 cm³/mol. The van der Waals surface area contributed by atoms with Gasteiger partial charge >= 0.3 is 30.1 Å². The van der Waals surface area contributed by atoms with Gasteiger partial charge in [-0.25, -0.2) is 8.78 Å². The van der Waals surface area contributed by atoms with Gasteiger partial charge in [0, 0.05) is 11.6 Å². The molecule has 146 valence electrons. The van der Waals surface area contributed by atoms with Gasteiger partial charge in [-0.05, 0) is 0 Å². The first-order chi connectivity index (χ1) is 11.6. The molecule has 0 heterocycles. The third-order valence-electron chi connectivity index (χ3n) is 3.13. The Morgan fingerprint density at radius 3 is 1.77 bits per heavy atom. The monoisotopic (exact) mass is 398 g/mol. The first-order valence-corrected chi connectivity index (χ1v) is 6.40. The molecular formula is C14H8F10O2. The highest BCUT2D eigenvalue weighted by atomic mass is 19.4. The van der Waals surface area contributed by atoms with Gasteiger partial charge in [-0.3, -0.25) is 4.79 Å². The second-order valence-electron chi connectivity index (χ2n) is 4.91. The summed E-state index contributed by atoms with van der Waals surface area (Å²) in [6, 6.07) is 5.82. The van der Waals surface area contributed by atoms with Crippen LogP contribution in [0.25, 0.3) is 5.76 Å². The number of halogens is 10. The molecule has 26 heavy (non-hydrogen) atoms. The number of benzene rings is 1. The minimum Gasteiger partial charge on any atom is -0.507 e. The SMILES string of the molecule is O=C(/C=C(\O)c1ccccc1)C(F)(F)C(F)(F)C(F)(F)C(F)(F)C(F)F. The molecule has 1 aromatic rings. The van der Waals surface area contributed by atoms with Gasteiger partial charge in [0.05, 0.1) is 0 Å². The topological polar surface area (TPSA) is 37.3 Å². The summed E-state index contributed by atoms with van der Waals surface area (Å²) in [4.78, 5) is 11.2. The minimum atomic E-state index is -7.27. The maximum atomic E-state index is 13.4. The van der Waals surface area contributed by atoms with E-state index in [-0.39, 0.29) is 5.56 Å². The number of ketones is 1. The summed E-state index contributed by atoms with van der Waals surface area (Å²) in [6.07, 6.45) is -6.01. The molecule has 0 aliphatic heterocycles. The Hall–Kier alpha value is -2.27. The van der Waals surface area contributed by atoms with E-state index in [0.29, 0.717) is 0 Å².